The van der Waals surface area contributed by atoms with Crippen LogP contribution in [-0.4, -0.2) is 15.9 Å². The number of hydrogen-bond acceptors (Lipinski definition) is 3. The van der Waals surface area contributed by atoms with Crippen LogP contribution in [-0.2, 0) is 0 Å². The number of hydrogen-bond donors (Lipinski definition) is 2. The molecular formula is C13H9F3N3O2S+. The molecule has 0 saturated carbocycles. The molecule has 2 N–H and O–H groups in total. The Labute approximate surface area is 126 Å². The summed E-state index contributed by atoms with van der Waals surface area (Å²) in [6.45, 7) is 0. The lowest BCUT2D eigenvalue weighted by Crippen LogP contribution is -2.27. The predicted molar refractivity (Wildman–Crippen MR) is 74.4 cm³/mol. The van der Waals surface area contributed by atoms with Crippen LogP contribution in [0, 0.1) is 0 Å². The molecule has 5 nitrogen and oxygen atoms in total. The summed E-state index contributed by atoms with van der Waals surface area (Å²) in [4.78, 5) is 18.1. The Balaban J connectivity index is 2.06. The summed E-state index contributed by atoms with van der Waals surface area (Å²) in [7, 11) is 0. The van der Waals surface area contributed by atoms with Crippen LogP contribution in [0.4, 0.5) is 13.2 Å². The van der Waals surface area contributed by atoms with Crippen LogP contribution in [0.3, 0.4) is 0 Å². The first-order valence-corrected chi connectivity index (χ1v) is 6.50. The molecular weight excluding hydrogens is 319 g/mol. The number of thiol groups is 1. The molecule has 3 rings (SSSR count). The first kappa shape index (κ1) is 14.5. The number of aromatic amines is 2. The molecule has 22 heavy (non-hydrogen) atoms. The Kier molecular flexibility index (Phi) is 3.36. The first-order valence-electron chi connectivity index (χ1n) is 6.06. The average molecular weight is 328 g/mol. The third-order valence-electron chi connectivity index (χ3n) is 2.96. The van der Waals surface area contributed by atoms with Crippen molar-refractivity contribution in [2.45, 2.75) is 11.5 Å². The fourth-order valence-electron chi connectivity index (χ4n) is 2.07. The molecule has 0 unspecified atom stereocenters. The lowest BCUT2D eigenvalue weighted by molar-refractivity contribution is -0.407. The zero-order chi connectivity index (χ0) is 15.9. The summed E-state index contributed by atoms with van der Waals surface area (Å²) in [5.74, 6) is -0.364. The van der Waals surface area contributed by atoms with E-state index < -0.39 is 6.36 Å². The Morgan fingerprint density at radius 2 is 1.86 bits per heavy atom. The zero-order valence-corrected chi connectivity index (χ0v) is 11.7. The van der Waals surface area contributed by atoms with E-state index in [1.807, 2.05) is 0 Å². The van der Waals surface area contributed by atoms with E-state index in [1.165, 1.54) is 16.7 Å². The zero-order valence-electron chi connectivity index (χ0n) is 10.8. The summed E-state index contributed by atoms with van der Waals surface area (Å²) < 4.78 is 41.4. The van der Waals surface area contributed by atoms with Crippen LogP contribution >= 0.6 is 12.6 Å². The van der Waals surface area contributed by atoms with E-state index in [1.54, 1.807) is 12.3 Å². The highest BCUT2D eigenvalue weighted by molar-refractivity contribution is 7.80. The number of alkyl halides is 3. The van der Waals surface area contributed by atoms with Gasteiger partial charge in [-0.3, -0.25) is 4.98 Å². The molecule has 0 radical (unpaired) electrons. The Hall–Kier alpha value is -2.42. The van der Waals surface area contributed by atoms with Gasteiger partial charge in [-0.2, -0.15) is 4.57 Å². The number of aromatic nitrogens is 3. The van der Waals surface area contributed by atoms with Crippen LogP contribution in [0.2, 0.25) is 0 Å². The van der Waals surface area contributed by atoms with Crippen molar-refractivity contribution >= 4 is 23.7 Å². The normalized spacial score (nSPS) is 11.8. The minimum Gasteiger partial charge on any atom is -0.406 e. The monoisotopic (exact) mass is 328 g/mol. The van der Waals surface area contributed by atoms with Gasteiger partial charge in [-0.25, -0.2) is 9.78 Å². The van der Waals surface area contributed by atoms with Crippen molar-refractivity contribution in [2.75, 3.05) is 0 Å². The molecule has 0 amide bonds. The van der Waals surface area contributed by atoms with Gasteiger partial charge in [0.1, 0.15) is 16.8 Å². The summed E-state index contributed by atoms with van der Waals surface area (Å²) in [5.41, 5.74) is 0.539. The largest absolute Gasteiger partial charge is 0.573 e. The third kappa shape index (κ3) is 2.67. The maximum atomic E-state index is 12.4. The fourth-order valence-corrected chi connectivity index (χ4v) is 2.39. The second-order valence-corrected chi connectivity index (χ2v) is 4.82. The van der Waals surface area contributed by atoms with E-state index in [-0.39, 0.29) is 16.5 Å². The molecule has 2 aromatic heterocycles. The van der Waals surface area contributed by atoms with Crippen molar-refractivity contribution < 1.29 is 22.9 Å². The smallest absolute Gasteiger partial charge is 0.406 e. The van der Waals surface area contributed by atoms with Gasteiger partial charge in [0.15, 0.2) is 0 Å². The molecule has 3 aromatic rings. The molecule has 0 atom stereocenters. The van der Waals surface area contributed by atoms with E-state index >= 15 is 0 Å². The van der Waals surface area contributed by atoms with Crippen molar-refractivity contribution in [3.8, 4) is 11.4 Å². The summed E-state index contributed by atoms with van der Waals surface area (Å²) in [6.07, 6.45) is -3.16. The van der Waals surface area contributed by atoms with Crippen molar-refractivity contribution in [3.05, 3.63) is 46.9 Å². The van der Waals surface area contributed by atoms with Gasteiger partial charge < -0.3 is 4.74 Å². The van der Waals surface area contributed by atoms with E-state index in [0.29, 0.717) is 16.7 Å². The number of fused-ring (bicyclic) bond motifs is 1. The molecule has 0 bridgehead atoms. The van der Waals surface area contributed by atoms with Gasteiger partial charge in [0, 0.05) is 0 Å². The topological polar surface area (TPSA) is 61.2 Å². The van der Waals surface area contributed by atoms with Gasteiger partial charge in [0.05, 0.1) is 6.20 Å². The maximum absolute atomic E-state index is 12.4. The molecule has 114 valence electrons. The maximum Gasteiger partial charge on any atom is 0.573 e. The molecule has 1 aromatic carbocycles. The SMILES string of the molecule is O=c1c2cc[nH]c2[nH+]c(S)n1-c1ccc(OC(F)(F)F)cc1. The first-order chi connectivity index (χ1) is 10.3. The summed E-state index contributed by atoms with van der Waals surface area (Å²) >= 11 is 4.20. The quantitative estimate of drug-likeness (QED) is 0.560. The summed E-state index contributed by atoms with van der Waals surface area (Å²) in [5, 5.41) is 0.651. The summed E-state index contributed by atoms with van der Waals surface area (Å²) in [6, 6.07) is 6.54. The highest BCUT2D eigenvalue weighted by atomic mass is 32.1. The molecule has 0 aliphatic carbocycles. The Morgan fingerprint density at radius 3 is 2.50 bits per heavy atom. The molecule has 0 saturated heterocycles. The van der Waals surface area contributed by atoms with Crippen LogP contribution < -0.4 is 15.3 Å². The van der Waals surface area contributed by atoms with E-state index in [0.717, 1.165) is 12.1 Å². The van der Waals surface area contributed by atoms with Crippen LogP contribution in [0.25, 0.3) is 16.7 Å². The van der Waals surface area contributed by atoms with Gasteiger partial charge >= 0.3 is 11.9 Å². The highest BCUT2D eigenvalue weighted by Crippen LogP contribution is 2.23. The van der Waals surface area contributed by atoms with E-state index in [4.69, 9.17) is 0 Å². The number of H-pyrrole nitrogens is 2. The number of ether oxygens (including phenoxy) is 1. The molecule has 9 heteroatoms. The van der Waals surface area contributed by atoms with Crippen molar-refractivity contribution in [2.24, 2.45) is 0 Å². The van der Waals surface area contributed by atoms with Crippen LogP contribution in [0.1, 0.15) is 0 Å². The van der Waals surface area contributed by atoms with E-state index in [2.05, 4.69) is 27.3 Å². The number of benzene rings is 1. The average Bonchev–Trinajstić information content (AvgIpc) is 2.87. The Morgan fingerprint density at radius 1 is 1.18 bits per heavy atom. The second kappa shape index (κ2) is 5.09. The van der Waals surface area contributed by atoms with Crippen molar-refractivity contribution in [1.29, 1.82) is 0 Å². The fraction of sp³-hybridized carbons (Fsp3) is 0.0769. The number of nitrogens with one attached hydrogen (secondary N) is 2. The lowest BCUT2D eigenvalue weighted by atomic mass is 10.3. The van der Waals surface area contributed by atoms with Crippen molar-refractivity contribution in [3.63, 3.8) is 0 Å². The van der Waals surface area contributed by atoms with Gasteiger partial charge in [-0.1, -0.05) is 12.6 Å². The third-order valence-corrected chi connectivity index (χ3v) is 3.27. The molecule has 0 spiro atoms. The minimum absolute atomic E-state index is 0.240. The molecule has 0 aliphatic heterocycles. The van der Waals surface area contributed by atoms with Gasteiger partial charge in [0.2, 0.25) is 5.65 Å². The van der Waals surface area contributed by atoms with E-state index in [9.17, 15) is 18.0 Å². The number of halogens is 3. The van der Waals surface area contributed by atoms with Gasteiger partial charge in [-0.05, 0) is 30.3 Å². The second-order valence-electron chi connectivity index (χ2n) is 4.40. The van der Waals surface area contributed by atoms with Crippen LogP contribution in [0.5, 0.6) is 5.75 Å². The van der Waals surface area contributed by atoms with Crippen LogP contribution in [0.15, 0.2) is 46.5 Å². The standard InChI is InChI=1S/C13H8F3N3O2S/c14-13(15,16)21-8-3-1-7(2-4-8)19-11(20)9-5-6-17-10(9)18-12(19)22/h1-6,17H,(H,18,22)/p+1. The predicted octanol–water partition coefficient (Wildman–Crippen LogP) is 2.32. The highest BCUT2D eigenvalue weighted by Gasteiger charge is 2.31. The van der Waals surface area contributed by atoms with Gasteiger partial charge in [0.25, 0.3) is 5.16 Å². The molecule has 2 heterocycles. The molecule has 0 fully saturated rings. The molecule has 0 aliphatic rings. The lowest BCUT2D eigenvalue weighted by Gasteiger charge is -2.09. The van der Waals surface area contributed by atoms with Crippen molar-refractivity contribution in [1.82, 2.24) is 9.55 Å². The van der Waals surface area contributed by atoms with Gasteiger partial charge in [-0.15, -0.1) is 13.2 Å². The number of rotatable bonds is 2. The number of nitrogens with zero attached hydrogens (tertiary/aromatic N) is 1. The minimum atomic E-state index is -4.76. The Bertz CT molecular complexity index is 884.